The first-order valence-corrected chi connectivity index (χ1v) is 8.32. The van der Waals surface area contributed by atoms with Crippen molar-refractivity contribution in [1.29, 1.82) is 0 Å². The molecule has 5 nitrogen and oxygen atoms in total. The molecule has 1 unspecified atom stereocenters. The zero-order valence-electron chi connectivity index (χ0n) is 13.6. The maximum atomic E-state index is 13.1. The third-order valence-electron chi connectivity index (χ3n) is 4.69. The topological polar surface area (TPSA) is 57.8 Å². The normalized spacial score (nSPS) is 17.4. The summed E-state index contributed by atoms with van der Waals surface area (Å²) in [5, 5.41) is 9.42. The van der Waals surface area contributed by atoms with Crippen molar-refractivity contribution in [3.63, 3.8) is 0 Å². The highest BCUT2D eigenvalue weighted by molar-refractivity contribution is 5.94. The van der Waals surface area contributed by atoms with E-state index in [0.29, 0.717) is 12.1 Å². The van der Waals surface area contributed by atoms with E-state index in [-0.39, 0.29) is 24.4 Å². The van der Waals surface area contributed by atoms with Crippen LogP contribution in [0.5, 0.6) is 0 Å². The molecule has 0 bridgehead atoms. The van der Waals surface area contributed by atoms with Crippen LogP contribution in [0.4, 0.5) is 4.39 Å². The fraction of sp³-hybridized carbons (Fsp3) is 0.263. The minimum absolute atomic E-state index is 0.00618. The van der Waals surface area contributed by atoms with Crippen molar-refractivity contribution in [3.05, 3.63) is 60.2 Å². The largest absolute Gasteiger partial charge is 0.394 e. The molecular weight excluding hydrogens is 321 g/mol. The number of hydrogen-bond donors (Lipinski definition) is 1. The lowest BCUT2D eigenvalue weighted by atomic mass is 10.2. The first-order valence-electron chi connectivity index (χ1n) is 8.32. The minimum Gasteiger partial charge on any atom is -0.394 e. The Hall–Kier alpha value is -2.73. The highest BCUT2D eigenvalue weighted by atomic mass is 19.1. The van der Waals surface area contributed by atoms with Crippen LogP contribution < -0.4 is 0 Å². The predicted octanol–water partition coefficient (Wildman–Crippen LogP) is 2.74. The van der Waals surface area contributed by atoms with Crippen molar-refractivity contribution in [2.24, 2.45) is 0 Å². The van der Waals surface area contributed by atoms with E-state index in [4.69, 9.17) is 0 Å². The average molecular weight is 339 g/mol. The molecule has 0 saturated carbocycles. The zero-order valence-corrected chi connectivity index (χ0v) is 13.6. The Morgan fingerprint density at radius 3 is 2.76 bits per heavy atom. The zero-order chi connectivity index (χ0) is 17.4. The van der Waals surface area contributed by atoms with E-state index in [1.165, 1.54) is 12.1 Å². The first kappa shape index (κ1) is 15.8. The maximum Gasteiger partial charge on any atom is 0.255 e. The average Bonchev–Trinajstić information content (AvgIpc) is 3.27. The van der Waals surface area contributed by atoms with Gasteiger partial charge in [-0.3, -0.25) is 4.79 Å². The predicted molar refractivity (Wildman–Crippen MR) is 91.7 cm³/mol. The van der Waals surface area contributed by atoms with Gasteiger partial charge < -0.3 is 14.4 Å². The number of pyridine rings is 1. The summed E-state index contributed by atoms with van der Waals surface area (Å²) in [5.41, 5.74) is 2.82. The standard InChI is InChI=1S/C19H18FN3O2/c20-15-6-3-13(4-7-15)17-11-22-10-14(5-8-18(22)21-17)19(25)23-9-1-2-16(23)12-24/h3-8,10-11,16,24H,1-2,9,12H2. The molecule has 1 atom stereocenters. The van der Waals surface area contributed by atoms with Crippen molar-refractivity contribution in [2.75, 3.05) is 13.2 Å². The van der Waals surface area contributed by atoms with Crippen LogP contribution in [0, 0.1) is 5.82 Å². The fourth-order valence-electron chi connectivity index (χ4n) is 3.34. The molecule has 1 saturated heterocycles. The number of halogens is 1. The van der Waals surface area contributed by atoms with Crippen LogP contribution >= 0.6 is 0 Å². The van der Waals surface area contributed by atoms with Crippen molar-refractivity contribution < 1.29 is 14.3 Å². The monoisotopic (exact) mass is 339 g/mol. The van der Waals surface area contributed by atoms with Gasteiger partial charge in [0.1, 0.15) is 11.5 Å². The summed E-state index contributed by atoms with van der Waals surface area (Å²) in [7, 11) is 0. The number of carbonyl (C=O) groups is 1. The number of hydrogen-bond acceptors (Lipinski definition) is 3. The molecular formula is C19H18FN3O2. The molecule has 2 aromatic heterocycles. The number of likely N-dealkylation sites (tertiary alicyclic amines) is 1. The third-order valence-corrected chi connectivity index (χ3v) is 4.69. The first-order chi connectivity index (χ1) is 12.2. The number of carbonyl (C=O) groups excluding carboxylic acids is 1. The molecule has 1 aliphatic heterocycles. The second kappa shape index (κ2) is 6.29. The number of aliphatic hydroxyl groups is 1. The van der Waals surface area contributed by atoms with Crippen LogP contribution in [0.15, 0.2) is 48.8 Å². The van der Waals surface area contributed by atoms with Crippen molar-refractivity contribution in [1.82, 2.24) is 14.3 Å². The van der Waals surface area contributed by atoms with Gasteiger partial charge in [-0.15, -0.1) is 0 Å². The van der Waals surface area contributed by atoms with Gasteiger partial charge in [0, 0.05) is 24.5 Å². The number of amides is 1. The Balaban J connectivity index is 1.66. The smallest absolute Gasteiger partial charge is 0.255 e. The summed E-state index contributed by atoms with van der Waals surface area (Å²) < 4.78 is 14.9. The van der Waals surface area contributed by atoms with Crippen LogP contribution in [0.3, 0.4) is 0 Å². The number of aromatic nitrogens is 2. The van der Waals surface area contributed by atoms with Crippen LogP contribution in [-0.4, -0.2) is 44.5 Å². The molecule has 3 aromatic rings. The molecule has 1 aliphatic rings. The summed E-state index contributed by atoms with van der Waals surface area (Å²) in [5.74, 6) is -0.361. The van der Waals surface area contributed by atoms with E-state index >= 15 is 0 Å². The summed E-state index contributed by atoms with van der Waals surface area (Å²) in [6, 6.07) is 9.61. The molecule has 0 radical (unpaired) electrons. The molecule has 3 heterocycles. The lowest BCUT2D eigenvalue weighted by Crippen LogP contribution is -2.37. The van der Waals surface area contributed by atoms with Crippen LogP contribution in [0.25, 0.3) is 16.9 Å². The second-order valence-corrected chi connectivity index (χ2v) is 6.29. The molecule has 0 spiro atoms. The number of imidazole rings is 1. The van der Waals surface area contributed by atoms with Crippen molar-refractivity contribution >= 4 is 11.6 Å². The highest BCUT2D eigenvalue weighted by Crippen LogP contribution is 2.22. The van der Waals surface area contributed by atoms with Crippen molar-refractivity contribution in [2.45, 2.75) is 18.9 Å². The molecule has 4 rings (SSSR count). The van der Waals surface area contributed by atoms with Gasteiger partial charge in [0.15, 0.2) is 0 Å². The Morgan fingerprint density at radius 1 is 1.20 bits per heavy atom. The van der Waals surface area contributed by atoms with E-state index < -0.39 is 0 Å². The Labute approximate surface area is 144 Å². The van der Waals surface area contributed by atoms with Gasteiger partial charge in [-0.1, -0.05) is 0 Å². The number of benzene rings is 1. The number of aliphatic hydroxyl groups excluding tert-OH is 1. The van der Waals surface area contributed by atoms with Crippen LogP contribution in [0.2, 0.25) is 0 Å². The van der Waals surface area contributed by atoms with E-state index in [1.54, 1.807) is 39.8 Å². The quantitative estimate of drug-likeness (QED) is 0.798. The Bertz CT molecular complexity index is 920. The third kappa shape index (κ3) is 2.89. The fourth-order valence-corrected chi connectivity index (χ4v) is 3.34. The lowest BCUT2D eigenvalue weighted by molar-refractivity contribution is 0.0677. The SMILES string of the molecule is O=C(c1ccc2nc(-c3ccc(F)cc3)cn2c1)N1CCCC1CO. The van der Waals surface area contributed by atoms with Gasteiger partial charge >= 0.3 is 0 Å². The molecule has 0 aliphatic carbocycles. The van der Waals surface area contributed by atoms with Gasteiger partial charge in [0.25, 0.3) is 5.91 Å². The molecule has 1 amide bonds. The molecule has 1 N–H and O–H groups in total. The summed E-state index contributed by atoms with van der Waals surface area (Å²) in [6.07, 6.45) is 5.33. The van der Waals surface area contributed by atoms with Crippen molar-refractivity contribution in [3.8, 4) is 11.3 Å². The molecule has 128 valence electrons. The summed E-state index contributed by atoms with van der Waals surface area (Å²) >= 11 is 0. The lowest BCUT2D eigenvalue weighted by Gasteiger charge is -2.23. The molecule has 1 fully saturated rings. The van der Waals surface area contributed by atoms with Gasteiger partial charge in [0.2, 0.25) is 0 Å². The summed E-state index contributed by atoms with van der Waals surface area (Å²) in [4.78, 5) is 19.0. The van der Waals surface area contributed by atoms with E-state index in [2.05, 4.69) is 4.98 Å². The van der Waals surface area contributed by atoms with E-state index in [1.807, 2.05) is 6.20 Å². The second-order valence-electron chi connectivity index (χ2n) is 6.29. The van der Waals surface area contributed by atoms with Gasteiger partial charge in [-0.25, -0.2) is 9.37 Å². The Kier molecular flexibility index (Phi) is 3.97. The molecule has 1 aromatic carbocycles. The van der Waals surface area contributed by atoms with Crippen LogP contribution in [0.1, 0.15) is 23.2 Å². The van der Waals surface area contributed by atoms with Gasteiger partial charge in [0.05, 0.1) is 23.9 Å². The Morgan fingerprint density at radius 2 is 2.00 bits per heavy atom. The molecule has 6 heteroatoms. The highest BCUT2D eigenvalue weighted by Gasteiger charge is 2.28. The number of rotatable bonds is 3. The van der Waals surface area contributed by atoms with E-state index in [0.717, 1.165) is 29.7 Å². The maximum absolute atomic E-state index is 13.1. The van der Waals surface area contributed by atoms with Gasteiger partial charge in [-0.05, 0) is 49.2 Å². The van der Waals surface area contributed by atoms with Gasteiger partial charge in [-0.2, -0.15) is 0 Å². The summed E-state index contributed by atoms with van der Waals surface area (Å²) in [6.45, 7) is 0.667. The number of fused-ring (bicyclic) bond motifs is 1. The number of nitrogens with zero attached hydrogens (tertiary/aromatic N) is 3. The molecule has 25 heavy (non-hydrogen) atoms. The minimum atomic E-state index is -0.288. The van der Waals surface area contributed by atoms with Crippen LogP contribution in [-0.2, 0) is 0 Å². The van der Waals surface area contributed by atoms with E-state index in [9.17, 15) is 14.3 Å².